The Morgan fingerprint density at radius 3 is 2.73 bits per heavy atom. The number of para-hydroxylation sites is 1. The van der Waals surface area contributed by atoms with Gasteiger partial charge in [-0.2, -0.15) is 5.26 Å². The number of carbonyl (C=O) groups is 1. The first kappa shape index (κ1) is 32.3. The lowest BCUT2D eigenvalue weighted by Gasteiger charge is -2.39. The van der Waals surface area contributed by atoms with E-state index in [4.69, 9.17) is 15.9 Å². The quantitative estimate of drug-likeness (QED) is 0.132. The van der Waals surface area contributed by atoms with Gasteiger partial charge in [0.25, 0.3) is 5.91 Å². The number of nitrogens with two attached hydrogens (primary N) is 1. The first-order valence-electron chi connectivity index (χ1n) is 15.8. The summed E-state index contributed by atoms with van der Waals surface area (Å²) < 4.78 is 23.2. The molecule has 0 bridgehead atoms. The summed E-state index contributed by atoms with van der Waals surface area (Å²) in [6, 6.07) is 15.2. The highest BCUT2D eigenvalue weighted by Crippen LogP contribution is 2.29. The molecule has 4 aromatic rings. The summed E-state index contributed by atoms with van der Waals surface area (Å²) >= 11 is 0. The van der Waals surface area contributed by atoms with Crippen LogP contribution in [0.4, 0.5) is 16.0 Å². The van der Waals surface area contributed by atoms with Crippen LogP contribution in [0.15, 0.2) is 78.9 Å². The number of fused-ring (bicyclic) bond motifs is 1. The predicted molar refractivity (Wildman–Crippen MR) is 179 cm³/mol. The van der Waals surface area contributed by atoms with Crippen LogP contribution in [0.2, 0.25) is 0 Å². The van der Waals surface area contributed by atoms with Gasteiger partial charge in [0.15, 0.2) is 0 Å². The largest absolute Gasteiger partial charge is 0.457 e. The molecule has 1 saturated heterocycles. The molecule has 246 valence electrons. The van der Waals surface area contributed by atoms with Gasteiger partial charge in [-0.25, -0.2) is 19.3 Å². The van der Waals surface area contributed by atoms with E-state index in [9.17, 15) is 10.1 Å². The summed E-state index contributed by atoms with van der Waals surface area (Å²) in [5, 5.41) is 22.3. The zero-order valence-electron chi connectivity index (χ0n) is 26.9. The standard InChI is InChI=1S/C35H37FN10O2/c1-35(2,46-16-15-44-14-12-40-29(44)21-46)18-23(19-37)34(47)45-13-6-7-24(20-45)43-33-30(32(39)41-22-42-33)31(38)27-11-10-26(17-28(27)36)48-25-8-4-3-5-9-25/h3-5,8-12,14,17-18,22,24,38H,6-7,13,15-16,20-21H2,1-2H3,(H3,39,41,42,43)/b23-18+,38-31?. The molecule has 6 rings (SSSR count). The fraction of sp³-hybridized carbons (Fsp3) is 0.314. The van der Waals surface area contributed by atoms with Crippen LogP contribution in [0.1, 0.15) is 43.6 Å². The van der Waals surface area contributed by atoms with E-state index in [-0.39, 0.29) is 51.7 Å². The van der Waals surface area contributed by atoms with Crippen LogP contribution in [-0.4, -0.2) is 72.2 Å². The third-order valence-corrected chi connectivity index (χ3v) is 8.77. The third kappa shape index (κ3) is 6.89. The summed E-state index contributed by atoms with van der Waals surface area (Å²) in [5.41, 5.74) is 5.71. The van der Waals surface area contributed by atoms with Gasteiger partial charge in [0.05, 0.1) is 17.8 Å². The van der Waals surface area contributed by atoms with Crippen LogP contribution in [0.25, 0.3) is 0 Å². The first-order chi connectivity index (χ1) is 23.1. The molecule has 1 amide bonds. The van der Waals surface area contributed by atoms with Gasteiger partial charge in [-0.15, -0.1) is 0 Å². The number of anilines is 2. The minimum Gasteiger partial charge on any atom is -0.457 e. The summed E-state index contributed by atoms with van der Waals surface area (Å²) in [7, 11) is 0. The van der Waals surface area contributed by atoms with Crippen LogP contribution >= 0.6 is 0 Å². The van der Waals surface area contributed by atoms with E-state index in [1.165, 1.54) is 18.5 Å². The number of imidazole rings is 1. The highest BCUT2D eigenvalue weighted by Gasteiger charge is 2.33. The van der Waals surface area contributed by atoms with Crippen molar-refractivity contribution in [3.05, 3.63) is 102 Å². The van der Waals surface area contributed by atoms with Crippen LogP contribution < -0.4 is 15.8 Å². The molecule has 2 aromatic carbocycles. The van der Waals surface area contributed by atoms with Crippen molar-refractivity contribution in [2.24, 2.45) is 0 Å². The van der Waals surface area contributed by atoms with Gasteiger partial charge in [-0.1, -0.05) is 18.2 Å². The number of rotatable bonds is 9. The number of nitrogens with zero attached hydrogens (tertiary/aromatic N) is 7. The molecule has 48 heavy (non-hydrogen) atoms. The number of nitriles is 1. The molecule has 0 spiro atoms. The number of nitrogens with one attached hydrogen (secondary N) is 2. The Morgan fingerprint density at radius 2 is 1.96 bits per heavy atom. The molecule has 1 fully saturated rings. The molecule has 4 heterocycles. The van der Waals surface area contributed by atoms with Gasteiger partial charge in [-0.3, -0.25) is 15.1 Å². The van der Waals surface area contributed by atoms with E-state index in [0.717, 1.165) is 18.9 Å². The van der Waals surface area contributed by atoms with Crippen molar-refractivity contribution >= 4 is 23.3 Å². The van der Waals surface area contributed by atoms with E-state index in [2.05, 4.69) is 35.8 Å². The molecular weight excluding hydrogens is 611 g/mol. The number of piperidine rings is 1. The minimum absolute atomic E-state index is 0.00417. The summed E-state index contributed by atoms with van der Waals surface area (Å²) in [5.74, 6) is 1.07. The average molecular weight is 649 g/mol. The lowest BCUT2D eigenvalue weighted by molar-refractivity contribution is -0.127. The molecule has 0 aliphatic carbocycles. The van der Waals surface area contributed by atoms with Crippen molar-refractivity contribution in [2.75, 3.05) is 30.7 Å². The second kappa shape index (κ2) is 13.6. The molecule has 2 aliphatic heterocycles. The maximum absolute atomic E-state index is 15.3. The van der Waals surface area contributed by atoms with Crippen molar-refractivity contribution in [3.63, 3.8) is 0 Å². The molecule has 2 aromatic heterocycles. The van der Waals surface area contributed by atoms with Gasteiger partial charge < -0.3 is 25.3 Å². The maximum atomic E-state index is 15.3. The summed E-state index contributed by atoms with van der Waals surface area (Å²) in [4.78, 5) is 30.4. The lowest BCUT2D eigenvalue weighted by Crippen LogP contribution is -2.48. The van der Waals surface area contributed by atoms with E-state index in [1.807, 2.05) is 38.2 Å². The Labute approximate surface area is 278 Å². The number of ether oxygens (including phenoxy) is 1. The van der Waals surface area contributed by atoms with Crippen molar-refractivity contribution in [3.8, 4) is 17.6 Å². The van der Waals surface area contributed by atoms with Crippen molar-refractivity contribution in [1.82, 2.24) is 29.3 Å². The molecule has 12 nitrogen and oxygen atoms in total. The molecule has 0 saturated carbocycles. The van der Waals surface area contributed by atoms with Gasteiger partial charge in [0, 0.05) is 61.8 Å². The van der Waals surface area contributed by atoms with Crippen molar-refractivity contribution < 1.29 is 13.9 Å². The number of carbonyl (C=O) groups excluding carboxylic acids is 1. The number of hydrogen-bond donors (Lipinski definition) is 3. The number of amides is 1. The SMILES string of the molecule is CC(C)(/C=C(\C#N)C(=O)N1CCCC(Nc2ncnc(N)c2C(=N)c2ccc(Oc3ccccc3)cc2F)C1)N1CCn2ccnc2C1. The highest BCUT2D eigenvalue weighted by atomic mass is 19.1. The fourth-order valence-electron chi connectivity index (χ4n) is 6.17. The summed E-state index contributed by atoms with van der Waals surface area (Å²) in [6.07, 6.45) is 8.16. The lowest BCUT2D eigenvalue weighted by atomic mass is 9.96. The molecule has 4 N–H and O–H groups in total. The zero-order valence-corrected chi connectivity index (χ0v) is 26.9. The van der Waals surface area contributed by atoms with E-state index < -0.39 is 11.4 Å². The molecule has 2 aliphatic rings. The molecule has 1 unspecified atom stereocenters. The molecule has 13 heteroatoms. The van der Waals surface area contributed by atoms with Crippen molar-refractivity contribution in [1.29, 1.82) is 10.7 Å². The fourth-order valence-corrected chi connectivity index (χ4v) is 6.17. The van der Waals surface area contributed by atoms with Gasteiger partial charge >= 0.3 is 0 Å². The molecule has 0 radical (unpaired) electrons. The Bertz CT molecular complexity index is 1900. The van der Waals surface area contributed by atoms with Gasteiger partial charge in [-0.05, 0) is 57.0 Å². The molecule has 1 atom stereocenters. The smallest absolute Gasteiger partial charge is 0.264 e. The van der Waals surface area contributed by atoms with Crippen LogP contribution in [0, 0.1) is 22.6 Å². The van der Waals surface area contributed by atoms with Gasteiger partial charge in [0.1, 0.15) is 52.7 Å². The Morgan fingerprint density at radius 1 is 1.15 bits per heavy atom. The molecular formula is C35H37FN10O2. The monoisotopic (exact) mass is 648 g/mol. The summed E-state index contributed by atoms with van der Waals surface area (Å²) in [6.45, 7) is 6.97. The van der Waals surface area contributed by atoms with Crippen LogP contribution in [0.5, 0.6) is 11.5 Å². The number of aromatic nitrogens is 4. The van der Waals surface area contributed by atoms with Gasteiger partial charge in [0.2, 0.25) is 0 Å². The van der Waals surface area contributed by atoms with E-state index >= 15 is 4.39 Å². The number of halogens is 1. The second-order valence-corrected chi connectivity index (χ2v) is 12.4. The maximum Gasteiger partial charge on any atom is 0.264 e. The number of hydrogen-bond acceptors (Lipinski definition) is 10. The Hall–Kier alpha value is -5.61. The Balaban J connectivity index is 1.16. The first-order valence-corrected chi connectivity index (χ1v) is 15.8. The Kier molecular flexibility index (Phi) is 9.18. The predicted octanol–water partition coefficient (Wildman–Crippen LogP) is 4.75. The number of likely N-dealkylation sites (tertiary alicyclic amines) is 1. The van der Waals surface area contributed by atoms with E-state index in [0.29, 0.717) is 38.2 Å². The number of benzene rings is 2. The minimum atomic E-state index is -0.661. The highest BCUT2D eigenvalue weighted by molar-refractivity contribution is 6.16. The van der Waals surface area contributed by atoms with Crippen molar-refractivity contribution in [2.45, 2.75) is 51.4 Å². The second-order valence-electron chi connectivity index (χ2n) is 12.4. The van der Waals surface area contributed by atoms with E-state index in [1.54, 1.807) is 35.4 Å². The zero-order chi connectivity index (χ0) is 33.8. The average Bonchev–Trinajstić information content (AvgIpc) is 3.56. The van der Waals surface area contributed by atoms with Crippen LogP contribution in [-0.2, 0) is 17.9 Å². The topological polar surface area (TPSA) is 162 Å². The number of nitrogen functional groups attached to an aromatic ring is 1. The van der Waals surface area contributed by atoms with Crippen LogP contribution in [0.3, 0.4) is 0 Å². The normalized spacial score (nSPS) is 16.9. The third-order valence-electron chi connectivity index (χ3n) is 8.77.